The van der Waals surface area contributed by atoms with Crippen LogP contribution in [0, 0.1) is 0 Å². The number of aliphatic carboxylic acids is 1. The van der Waals surface area contributed by atoms with Crippen molar-refractivity contribution in [1.29, 1.82) is 0 Å². The fraction of sp³-hybridized carbons (Fsp3) is 0.562. The number of rotatable bonds is 7. The molecule has 1 aromatic rings. The Kier molecular flexibility index (Phi) is 5.57. The molecule has 4 heteroatoms. The molecule has 20 heavy (non-hydrogen) atoms. The molecule has 0 spiro atoms. The maximum absolute atomic E-state index is 11.4. The predicted octanol–water partition coefficient (Wildman–Crippen LogP) is 2.90. The van der Waals surface area contributed by atoms with E-state index in [1.54, 1.807) is 26.0 Å². The maximum atomic E-state index is 11.4. The molecule has 0 aliphatic rings. The molecule has 0 heterocycles. The van der Waals surface area contributed by atoms with Crippen molar-refractivity contribution < 1.29 is 15.0 Å². The topological polar surface area (TPSA) is 60.8 Å². The lowest BCUT2D eigenvalue weighted by atomic mass is 9.97. The summed E-state index contributed by atoms with van der Waals surface area (Å²) in [5, 5.41) is 18.6. The van der Waals surface area contributed by atoms with E-state index in [2.05, 4.69) is 6.92 Å². The van der Waals surface area contributed by atoms with Crippen molar-refractivity contribution in [2.24, 2.45) is 0 Å². The first-order valence-corrected chi connectivity index (χ1v) is 7.07. The number of aryl methyl sites for hydroxylation is 1. The number of phenols is 1. The number of nitrogens with zero attached hydrogens (tertiary/aromatic N) is 1. The SMILES string of the molecule is CCN(C(C)CCc1ccc(O)cc1)C(C)(C)C(=O)O. The summed E-state index contributed by atoms with van der Waals surface area (Å²) < 4.78 is 0. The minimum absolute atomic E-state index is 0.180. The second-order valence-corrected chi connectivity index (χ2v) is 5.70. The Balaban J connectivity index is 2.66. The van der Waals surface area contributed by atoms with E-state index in [4.69, 9.17) is 0 Å². The van der Waals surface area contributed by atoms with Crippen molar-refractivity contribution in [3.05, 3.63) is 29.8 Å². The Bertz CT molecular complexity index is 440. The van der Waals surface area contributed by atoms with Crippen LogP contribution in [0.5, 0.6) is 5.75 Å². The second kappa shape index (κ2) is 6.75. The van der Waals surface area contributed by atoms with Crippen LogP contribution in [0.15, 0.2) is 24.3 Å². The van der Waals surface area contributed by atoms with Crippen molar-refractivity contribution in [3.63, 3.8) is 0 Å². The zero-order chi connectivity index (χ0) is 15.3. The van der Waals surface area contributed by atoms with Crippen LogP contribution >= 0.6 is 0 Å². The third-order valence-electron chi connectivity index (χ3n) is 3.90. The molecule has 1 aromatic carbocycles. The number of likely N-dealkylation sites (N-methyl/N-ethyl adjacent to an activating group) is 1. The molecular formula is C16H25NO3. The molecule has 112 valence electrons. The average Bonchev–Trinajstić information content (AvgIpc) is 2.38. The summed E-state index contributed by atoms with van der Waals surface area (Å²) in [6.45, 7) is 8.25. The Morgan fingerprint density at radius 2 is 1.85 bits per heavy atom. The summed E-state index contributed by atoms with van der Waals surface area (Å²) in [5.41, 5.74) is 0.294. The molecule has 0 saturated heterocycles. The van der Waals surface area contributed by atoms with Crippen LogP contribution in [0.1, 0.15) is 39.7 Å². The second-order valence-electron chi connectivity index (χ2n) is 5.70. The summed E-state index contributed by atoms with van der Waals surface area (Å²) in [4.78, 5) is 13.4. The molecule has 0 saturated carbocycles. The summed E-state index contributed by atoms with van der Waals surface area (Å²) in [5.74, 6) is -0.528. The molecule has 1 atom stereocenters. The standard InChI is InChI=1S/C16H25NO3/c1-5-17(16(3,4)15(19)20)12(2)6-7-13-8-10-14(18)11-9-13/h8-12,18H,5-7H2,1-4H3,(H,19,20). The van der Waals surface area contributed by atoms with Gasteiger partial charge in [-0.15, -0.1) is 0 Å². The number of carboxylic acid groups (broad SMARTS) is 1. The first-order valence-electron chi connectivity index (χ1n) is 7.07. The van der Waals surface area contributed by atoms with Gasteiger partial charge in [-0.05, 0) is 57.9 Å². The van der Waals surface area contributed by atoms with Crippen LogP contribution in [-0.4, -0.2) is 39.2 Å². The maximum Gasteiger partial charge on any atom is 0.323 e. The van der Waals surface area contributed by atoms with Crippen LogP contribution in [0.2, 0.25) is 0 Å². The van der Waals surface area contributed by atoms with Gasteiger partial charge in [0.25, 0.3) is 0 Å². The number of hydrogen-bond donors (Lipinski definition) is 2. The summed E-state index contributed by atoms with van der Waals surface area (Å²) >= 11 is 0. The highest BCUT2D eigenvalue weighted by Crippen LogP contribution is 2.21. The number of aromatic hydroxyl groups is 1. The molecule has 0 aliphatic heterocycles. The van der Waals surface area contributed by atoms with Gasteiger partial charge in [-0.2, -0.15) is 0 Å². The molecule has 0 amide bonds. The van der Waals surface area contributed by atoms with Gasteiger partial charge in [-0.3, -0.25) is 9.69 Å². The summed E-state index contributed by atoms with van der Waals surface area (Å²) in [7, 11) is 0. The van der Waals surface area contributed by atoms with Gasteiger partial charge in [-0.1, -0.05) is 19.1 Å². The van der Waals surface area contributed by atoms with Gasteiger partial charge in [0.05, 0.1) is 0 Å². The van der Waals surface area contributed by atoms with Gasteiger partial charge in [0, 0.05) is 6.04 Å². The van der Waals surface area contributed by atoms with Gasteiger partial charge in [0.2, 0.25) is 0 Å². The third kappa shape index (κ3) is 3.97. The zero-order valence-electron chi connectivity index (χ0n) is 12.8. The van der Waals surface area contributed by atoms with E-state index in [0.717, 1.165) is 18.4 Å². The number of carboxylic acids is 1. The molecule has 4 nitrogen and oxygen atoms in total. The van der Waals surface area contributed by atoms with Gasteiger partial charge >= 0.3 is 5.97 Å². The van der Waals surface area contributed by atoms with Gasteiger partial charge in [0.1, 0.15) is 11.3 Å². The van der Waals surface area contributed by atoms with E-state index in [9.17, 15) is 15.0 Å². The average molecular weight is 279 g/mol. The number of phenolic OH excluding ortho intramolecular Hbond substituents is 1. The Labute approximate surface area is 121 Å². The van der Waals surface area contributed by atoms with Gasteiger partial charge < -0.3 is 10.2 Å². The molecular weight excluding hydrogens is 254 g/mol. The van der Waals surface area contributed by atoms with Crippen LogP contribution in [0.3, 0.4) is 0 Å². The highest BCUT2D eigenvalue weighted by Gasteiger charge is 2.36. The summed E-state index contributed by atoms with van der Waals surface area (Å²) in [6.07, 6.45) is 1.75. The van der Waals surface area contributed by atoms with Crippen LogP contribution in [0.4, 0.5) is 0 Å². The lowest BCUT2D eigenvalue weighted by Crippen LogP contribution is -2.53. The van der Waals surface area contributed by atoms with Gasteiger partial charge in [-0.25, -0.2) is 0 Å². The van der Waals surface area contributed by atoms with Gasteiger partial charge in [0.15, 0.2) is 0 Å². The number of carbonyl (C=O) groups is 1. The quantitative estimate of drug-likeness (QED) is 0.805. The molecule has 0 radical (unpaired) electrons. The highest BCUT2D eigenvalue weighted by molar-refractivity contribution is 5.77. The molecule has 0 aromatic heterocycles. The lowest BCUT2D eigenvalue weighted by Gasteiger charge is -2.39. The van der Waals surface area contributed by atoms with E-state index < -0.39 is 11.5 Å². The van der Waals surface area contributed by atoms with Crippen LogP contribution < -0.4 is 0 Å². The van der Waals surface area contributed by atoms with Crippen LogP contribution in [-0.2, 0) is 11.2 Å². The first kappa shape index (κ1) is 16.5. The minimum Gasteiger partial charge on any atom is -0.508 e. The van der Waals surface area contributed by atoms with Crippen LogP contribution in [0.25, 0.3) is 0 Å². The normalized spacial score (nSPS) is 13.4. The third-order valence-corrected chi connectivity index (χ3v) is 3.90. The Morgan fingerprint density at radius 3 is 2.30 bits per heavy atom. The highest BCUT2D eigenvalue weighted by atomic mass is 16.4. The van der Waals surface area contributed by atoms with Crippen molar-refractivity contribution in [2.75, 3.05) is 6.54 Å². The minimum atomic E-state index is -0.858. The van der Waals surface area contributed by atoms with E-state index in [1.165, 1.54) is 0 Å². The lowest BCUT2D eigenvalue weighted by molar-refractivity contribution is -0.150. The molecule has 0 fully saturated rings. The largest absolute Gasteiger partial charge is 0.508 e. The van der Waals surface area contributed by atoms with E-state index in [0.29, 0.717) is 6.54 Å². The Hall–Kier alpha value is -1.55. The van der Waals surface area contributed by atoms with Crippen molar-refractivity contribution >= 4 is 5.97 Å². The molecule has 1 rings (SSSR count). The number of hydrogen-bond acceptors (Lipinski definition) is 3. The van der Waals surface area contributed by atoms with Crippen molar-refractivity contribution in [2.45, 2.75) is 52.1 Å². The smallest absolute Gasteiger partial charge is 0.323 e. The fourth-order valence-electron chi connectivity index (χ4n) is 2.57. The van der Waals surface area contributed by atoms with Crippen molar-refractivity contribution in [1.82, 2.24) is 4.90 Å². The molecule has 2 N–H and O–H groups in total. The monoisotopic (exact) mass is 279 g/mol. The first-order chi connectivity index (χ1) is 9.28. The summed E-state index contributed by atoms with van der Waals surface area (Å²) in [6, 6.07) is 7.35. The molecule has 0 aliphatic carbocycles. The van der Waals surface area contributed by atoms with E-state index in [1.807, 2.05) is 24.0 Å². The van der Waals surface area contributed by atoms with E-state index in [-0.39, 0.29) is 11.8 Å². The van der Waals surface area contributed by atoms with Crippen molar-refractivity contribution in [3.8, 4) is 5.75 Å². The molecule has 0 bridgehead atoms. The molecule has 1 unspecified atom stereocenters. The predicted molar refractivity (Wildman–Crippen MR) is 80.0 cm³/mol. The Morgan fingerprint density at radius 1 is 1.30 bits per heavy atom. The van der Waals surface area contributed by atoms with E-state index >= 15 is 0 Å². The number of benzene rings is 1. The fourth-order valence-corrected chi connectivity index (χ4v) is 2.57. The zero-order valence-corrected chi connectivity index (χ0v) is 12.8.